The molecule has 3 N–H and O–H groups in total. The fourth-order valence-corrected chi connectivity index (χ4v) is 1.96. The van der Waals surface area contributed by atoms with Crippen LogP contribution in [0.3, 0.4) is 0 Å². The molecule has 4 heteroatoms. The number of hydrogen-bond acceptors (Lipinski definition) is 2. The Labute approximate surface area is 111 Å². The minimum absolute atomic E-state index is 0.00641. The fourth-order valence-electron chi connectivity index (χ4n) is 1.37. The minimum Gasteiger partial charge on any atom is -0.326 e. The molecule has 3 nitrogen and oxygen atoms in total. The molecule has 94 valence electrons. The number of nitrogens with two attached hydrogens (primary N) is 1. The molecule has 0 aliphatic rings. The van der Waals surface area contributed by atoms with Crippen LogP contribution in [0.2, 0.25) is 0 Å². The topological polar surface area (TPSA) is 55.1 Å². The maximum atomic E-state index is 11.7. The third kappa shape index (κ3) is 5.33. The molecule has 0 heterocycles. The third-order valence-electron chi connectivity index (χ3n) is 2.40. The monoisotopic (exact) mass is 298 g/mol. The van der Waals surface area contributed by atoms with Crippen LogP contribution in [0.15, 0.2) is 22.7 Å². The van der Waals surface area contributed by atoms with Gasteiger partial charge in [0.15, 0.2) is 0 Å². The van der Waals surface area contributed by atoms with Crippen LogP contribution >= 0.6 is 15.9 Å². The Morgan fingerprint density at radius 3 is 2.65 bits per heavy atom. The molecule has 17 heavy (non-hydrogen) atoms. The molecular weight excluding hydrogens is 280 g/mol. The highest BCUT2D eigenvalue weighted by atomic mass is 79.9. The first kappa shape index (κ1) is 14.2. The molecule has 0 saturated carbocycles. The molecule has 0 aromatic heterocycles. The maximum Gasteiger partial charge on any atom is 0.224 e. The number of nitrogens with one attached hydrogen (secondary N) is 1. The van der Waals surface area contributed by atoms with Crippen LogP contribution in [0, 0.1) is 6.92 Å². The molecule has 0 aliphatic carbocycles. The normalized spacial score (nSPS) is 11.4. The molecule has 0 aliphatic heterocycles. The molecule has 0 fully saturated rings. The summed E-state index contributed by atoms with van der Waals surface area (Å²) >= 11 is 3.43. The standard InChI is InChI=1S/C13H19BrN2O/c1-9-4-5-11(10(14)8-9)16-12(17)6-7-13(2,3)15/h4-5,8H,6-7,15H2,1-3H3,(H,16,17). The lowest BCUT2D eigenvalue weighted by molar-refractivity contribution is -0.116. The summed E-state index contributed by atoms with van der Waals surface area (Å²) in [6.45, 7) is 5.84. The second-order valence-corrected chi connectivity index (χ2v) is 5.87. The zero-order chi connectivity index (χ0) is 13.1. The summed E-state index contributed by atoms with van der Waals surface area (Å²) in [6, 6.07) is 5.83. The Hall–Kier alpha value is -0.870. The fraction of sp³-hybridized carbons (Fsp3) is 0.462. The number of benzene rings is 1. The van der Waals surface area contributed by atoms with Crippen molar-refractivity contribution in [3.05, 3.63) is 28.2 Å². The molecule has 0 unspecified atom stereocenters. The average Bonchev–Trinajstić information content (AvgIpc) is 2.18. The highest BCUT2D eigenvalue weighted by Gasteiger charge is 2.13. The second kappa shape index (κ2) is 5.65. The van der Waals surface area contributed by atoms with Gasteiger partial charge in [-0.15, -0.1) is 0 Å². The van der Waals surface area contributed by atoms with Crippen molar-refractivity contribution in [1.82, 2.24) is 0 Å². The first-order chi connectivity index (χ1) is 7.78. The predicted octanol–water partition coefficient (Wildman–Crippen LogP) is 3.21. The number of rotatable bonds is 4. The van der Waals surface area contributed by atoms with Crippen molar-refractivity contribution in [2.45, 2.75) is 39.2 Å². The average molecular weight is 299 g/mol. The van der Waals surface area contributed by atoms with Gasteiger partial charge in [-0.25, -0.2) is 0 Å². The smallest absolute Gasteiger partial charge is 0.224 e. The van der Waals surface area contributed by atoms with Crippen molar-refractivity contribution in [3.8, 4) is 0 Å². The van der Waals surface area contributed by atoms with Gasteiger partial charge in [-0.1, -0.05) is 6.07 Å². The van der Waals surface area contributed by atoms with Crippen LogP contribution in [-0.2, 0) is 4.79 Å². The van der Waals surface area contributed by atoms with E-state index in [4.69, 9.17) is 5.73 Å². The van der Waals surface area contributed by atoms with Gasteiger partial charge < -0.3 is 11.1 Å². The Kier molecular flexibility index (Phi) is 4.71. The van der Waals surface area contributed by atoms with Crippen molar-refractivity contribution in [2.75, 3.05) is 5.32 Å². The van der Waals surface area contributed by atoms with E-state index in [2.05, 4.69) is 21.2 Å². The number of amides is 1. The van der Waals surface area contributed by atoms with Crippen LogP contribution in [0.5, 0.6) is 0 Å². The Morgan fingerprint density at radius 2 is 2.12 bits per heavy atom. The molecule has 0 saturated heterocycles. The molecule has 1 amide bonds. The van der Waals surface area contributed by atoms with E-state index >= 15 is 0 Å². The minimum atomic E-state index is -0.304. The van der Waals surface area contributed by atoms with Gasteiger partial charge in [0.05, 0.1) is 5.69 Å². The van der Waals surface area contributed by atoms with E-state index in [-0.39, 0.29) is 11.4 Å². The van der Waals surface area contributed by atoms with Gasteiger partial charge in [-0.3, -0.25) is 4.79 Å². The number of hydrogen-bond donors (Lipinski definition) is 2. The molecule has 0 atom stereocenters. The van der Waals surface area contributed by atoms with E-state index in [0.29, 0.717) is 12.8 Å². The van der Waals surface area contributed by atoms with Crippen LogP contribution in [0.1, 0.15) is 32.3 Å². The van der Waals surface area contributed by atoms with Crippen LogP contribution < -0.4 is 11.1 Å². The number of halogens is 1. The van der Waals surface area contributed by atoms with Gasteiger partial charge in [0.1, 0.15) is 0 Å². The number of carbonyl (C=O) groups is 1. The van der Waals surface area contributed by atoms with Gasteiger partial charge in [-0.2, -0.15) is 0 Å². The van der Waals surface area contributed by atoms with Crippen molar-refractivity contribution in [2.24, 2.45) is 5.73 Å². The second-order valence-electron chi connectivity index (χ2n) is 5.02. The zero-order valence-corrected chi connectivity index (χ0v) is 12.1. The highest BCUT2D eigenvalue weighted by Crippen LogP contribution is 2.23. The van der Waals surface area contributed by atoms with Gasteiger partial charge in [0.2, 0.25) is 5.91 Å². The van der Waals surface area contributed by atoms with Crippen molar-refractivity contribution in [1.29, 1.82) is 0 Å². The summed E-state index contributed by atoms with van der Waals surface area (Å²) in [6.07, 6.45) is 1.10. The summed E-state index contributed by atoms with van der Waals surface area (Å²) in [7, 11) is 0. The first-order valence-electron chi connectivity index (χ1n) is 5.63. The summed E-state index contributed by atoms with van der Waals surface area (Å²) in [4.78, 5) is 11.7. The van der Waals surface area contributed by atoms with E-state index < -0.39 is 0 Å². The van der Waals surface area contributed by atoms with Crippen molar-refractivity contribution >= 4 is 27.5 Å². The van der Waals surface area contributed by atoms with E-state index in [1.807, 2.05) is 39.0 Å². The van der Waals surface area contributed by atoms with Crippen LogP contribution in [0.25, 0.3) is 0 Å². The Bertz CT molecular complexity index is 410. The summed E-state index contributed by atoms with van der Waals surface area (Å²) in [5.74, 6) is -0.00641. The lowest BCUT2D eigenvalue weighted by atomic mass is 10.00. The van der Waals surface area contributed by atoms with E-state index in [1.54, 1.807) is 0 Å². The number of aryl methyl sites for hydroxylation is 1. The van der Waals surface area contributed by atoms with Crippen molar-refractivity contribution < 1.29 is 4.79 Å². The molecular formula is C13H19BrN2O. The van der Waals surface area contributed by atoms with Gasteiger partial charge >= 0.3 is 0 Å². The predicted molar refractivity (Wildman–Crippen MR) is 75.0 cm³/mol. The van der Waals surface area contributed by atoms with Gasteiger partial charge in [0.25, 0.3) is 0 Å². The Balaban J connectivity index is 2.57. The van der Waals surface area contributed by atoms with E-state index in [1.165, 1.54) is 0 Å². The lowest BCUT2D eigenvalue weighted by Gasteiger charge is -2.17. The summed E-state index contributed by atoms with van der Waals surface area (Å²) < 4.78 is 0.901. The van der Waals surface area contributed by atoms with E-state index in [9.17, 15) is 4.79 Å². The molecule has 1 rings (SSSR count). The first-order valence-corrected chi connectivity index (χ1v) is 6.42. The zero-order valence-electron chi connectivity index (χ0n) is 10.5. The molecule has 0 spiro atoms. The van der Waals surface area contributed by atoms with Gasteiger partial charge in [0, 0.05) is 16.4 Å². The molecule has 0 bridgehead atoms. The van der Waals surface area contributed by atoms with Crippen LogP contribution in [-0.4, -0.2) is 11.4 Å². The van der Waals surface area contributed by atoms with Crippen molar-refractivity contribution in [3.63, 3.8) is 0 Å². The van der Waals surface area contributed by atoms with Crippen LogP contribution in [0.4, 0.5) is 5.69 Å². The third-order valence-corrected chi connectivity index (χ3v) is 3.05. The Morgan fingerprint density at radius 1 is 1.47 bits per heavy atom. The number of anilines is 1. The maximum absolute atomic E-state index is 11.7. The van der Waals surface area contributed by atoms with Gasteiger partial charge in [-0.05, 0) is 60.8 Å². The van der Waals surface area contributed by atoms with E-state index in [0.717, 1.165) is 15.7 Å². The lowest BCUT2D eigenvalue weighted by Crippen LogP contribution is -2.33. The summed E-state index contributed by atoms with van der Waals surface area (Å²) in [5, 5.41) is 2.87. The largest absolute Gasteiger partial charge is 0.326 e. The molecule has 1 aromatic carbocycles. The molecule has 0 radical (unpaired) electrons. The quantitative estimate of drug-likeness (QED) is 0.897. The SMILES string of the molecule is Cc1ccc(NC(=O)CCC(C)(C)N)c(Br)c1. The molecule has 1 aromatic rings. The highest BCUT2D eigenvalue weighted by molar-refractivity contribution is 9.10. The number of carbonyl (C=O) groups excluding carboxylic acids is 1. The summed E-state index contributed by atoms with van der Waals surface area (Å²) in [5.41, 5.74) is 7.49.